The summed E-state index contributed by atoms with van der Waals surface area (Å²) in [6.07, 6.45) is 20.4. The van der Waals surface area contributed by atoms with E-state index in [1.807, 2.05) is 43.3 Å². The summed E-state index contributed by atoms with van der Waals surface area (Å²) in [5.41, 5.74) is 1.05. The number of unbranched alkanes of at least 4 members (excludes halogenated alkanes) is 8. The maximum atomic E-state index is 11.7. The van der Waals surface area contributed by atoms with Crippen LogP contribution in [0, 0.1) is 24.7 Å². The highest BCUT2D eigenvalue weighted by Crippen LogP contribution is 2.20. The van der Waals surface area contributed by atoms with E-state index in [0.29, 0.717) is 49.7 Å². The van der Waals surface area contributed by atoms with Crippen molar-refractivity contribution in [3.8, 4) is 17.6 Å². The number of hydrogen-bond acceptors (Lipinski definition) is 7. The minimum atomic E-state index is -0.839. The number of aliphatic carboxylic acids is 1. The molecule has 3 N–H and O–H groups in total. The van der Waals surface area contributed by atoms with Crippen LogP contribution in [0.15, 0.2) is 47.0 Å². The Morgan fingerprint density at radius 2 is 1.70 bits per heavy atom. The average molecular weight is 653 g/mol. The van der Waals surface area contributed by atoms with Crippen LogP contribution in [0.1, 0.15) is 127 Å². The Balaban J connectivity index is 0.000000473. The summed E-state index contributed by atoms with van der Waals surface area (Å²) >= 11 is 0. The number of carboxylic acids is 1. The van der Waals surface area contributed by atoms with Gasteiger partial charge < -0.3 is 24.7 Å². The molecule has 9 nitrogen and oxygen atoms in total. The normalized spacial score (nSPS) is 11.9. The van der Waals surface area contributed by atoms with Crippen molar-refractivity contribution in [3.05, 3.63) is 59.8 Å². The number of aliphatic hydroxyl groups is 1. The third-order valence-electron chi connectivity index (χ3n) is 7.61. The molecule has 0 aliphatic carbocycles. The quantitative estimate of drug-likeness (QED) is 0.0429. The number of carboxylic acid groups (broad SMARTS) is 1. The first-order valence-electron chi connectivity index (χ1n) is 17.1. The van der Waals surface area contributed by atoms with Crippen LogP contribution >= 0.6 is 0 Å². The largest absolute Gasteiger partial charge is 0.481 e. The number of carbonyl (C=O) groups excluding carboxylic acids is 2. The van der Waals surface area contributed by atoms with Crippen molar-refractivity contribution in [2.75, 3.05) is 13.2 Å². The molecule has 0 radical (unpaired) electrons. The number of nitrogens with one attached hydrogen (secondary N) is 1. The molecule has 2 atom stereocenters. The Morgan fingerprint density at radius 3 is 2.28 bits per heavy atom. The van der Waals surface area contributed by atoms with E-state index in [9.17, 15) is 14.4 Å². The lowest BCUT2D eigenvalue weighted by molar-refractivity contribution is -0.142. The SMILES string of the molecule is CC#CCOc1ccc(CC(NC=O)c2ncc(C)o2)cc1.CCCCCCCC(=O)CCCCCC/C=C/CC(CCO)C(=O)O. The second-order valence-corrected chi connectivity index (χ2v) is 11.6. The summed E-state index contributed by atoms with van der Waals surface area (Å²) in [7, 11) is 0. The van der Waals surface area contributed by atoms with E-state index in [2.05, 4.69) is 29.1 Å². The maximum absolute atomic E-state index is 11.7. The molecule has 0 spiro atoms. The molecule has 2 unspecified atom stereocenters. The number of carbonyl (C=O) groups is 3. The molecule has 0 fully saturated rings. The van der Waals surface area contributed by atoms with Crippen LogP contribution in [0.3, 0.4) is 0 Å². The molecular weight excluding hydrogens is 596 g/mol. The molecule has 1 aromatic heterocycles. The number of hydrogen-bond donors (Lipinski definition) is 3. The lowest BCUT2D eigenvalue weighted by Crippen LogP contribution is -2.22. The van der Waals surface area contributed by atoms with Gasteiger partial charge in [0.05, 0.1) is 12.1 Å². The van der Waals surface area contributed by atoms with Gasteiger partial charge in [0.15, 0.2) is 0 Å². The first-order valence-corrected chi connectivity index (χ1v) is 17.1. The van der Waals surface area contributed by atoms with Gasteiger partial charge in [-0.2, -0.15) is 0 Å². The monoisotopic (exact) mass is 652 g/mol. The minimum absolute atomic E-state index is 0.0811. The van der Waals surface area contributed by atoms with Crippen LogP contribution in [0.4, 0.5) is 0 Å². The maximum Gasteiger partial charge on any atom is 0.306 e. The molecule has 0 bridgehead atoms. The molecule has 0 aliphatic rings. The van der Waals surface area contributed by atoms with Gasteiger partial charge in [-0.05, 0) is 70.1 Å². The van der Waals surface area contributed by atoms with Gasteiger partial charge in [0.1, 0.15) is 29.9 Å². The molecule has 0 saturated heterocycles. The van der Waals surface area contributed by atoms with Crippen molar-refractivity contribution in [3.63, 3.8) is 0 Å². The van der Waals surface area contributed by atoms with Gasteiger partial charge in [-0.25, -0.2) is 4.98 Å². The fourth-order valence-electron chi connectivity index (χ4n) is 4.85. The second kappa shape index (κ2) is 27.2. The summed E-state index contributed by atoms with van der Waals surface area (Å²) < 4.78 is 11.0. The summed E-state index contributed by atoms with van der Waals surface area (Å²) in [6.45, 7) is 6.09. The zero-order valence-corrected chi connectivity index (χ0v) is 28.7. The number of amides is 1. The lowest BCUT2D eigenvalue weighted by Gasteiger charge is -2.13. The molecule has 1 aromatic carbocycles. The number of ether oxygens (including phenoxy) is 1. The van der Waals surface area contributed by atoms with Crippen LogP contribution in [0.5, 0.6) is 5.75 Å². The number of ketones is 1. The van der Waals surface area contributed by atoms with E-state index < -0.39 is 11.9 Å². The molecule has 47 heavy (non-hydrogen) atoms. The smallest absolute Gasteiger partial charge is 0.306 e. The Bertz CT molecular complexity index is 1210. The number of Topliss-reactive ketones (excluding diaryl/α,β-unsaturated/α-hetero) is 1. The van der Waals surface area contributed by atoms with E-state index in [1.54, 1.807) is 13.1 Å². The van der Waals surface area contributed by atoms with Crippen molar-refractivity contribution in [2.24, 2.45) is 5.92 Å². The van der Waals surface area contributed by atoms with Gasteiger partial charge >= 0.3 is 5.97 Å². The molecule has 2 rings (SSSR count). The van der Waals surface area contributed by atoms with Crippen molar-refractivity contribution >= 4 is 18.2 Å². The van der Waals surface area contributed by atoms with Crippen molar-refractivity contribution in [1.82, 2.24) is 10.3 Å². The number of benzene rings is 1. The number of nitrogens with zero attached hydrogens (tertiary/aromatic N) is 1. The van der Waals surface area contributed by atoms with Crippen molar-refractivity contribution in [2.45, 2.75) is 123 Å². The van der Waals surface area contributed by atoms with Crippen LogP contribution in [0.2, 0.25) is 0 Å². The number of oxazole rings is 1. The third kappa shape index (κ3) is 20.8. The number of rotatable bonds is 25. The topological polar surface area (TPSA) is 139 Å². The van der Waals surface area contributed by atoms with Crippen LogP contribution in [0.25, 0.3) is 0 Å². The van der Waals surface area contributed by atoms with Gasteiger partial charge in [-0.1, -0.05) is 75.7 Å². The van der Waals surface area contributed by atoms with Gasteiger partial charge in [0.25, 0.3) is 0 Å². The zero-order chi connectivity index (χ0) is 34.5. The fourth-order valence-corrected chi connectivity index (χ4v) is 4.85. The minimum Gasteiger partial charge on any atom is -0.481 e. The number of allylic oxidation sites excluding steroid dienone is 2. The molecule has 1 heterocycles. The third-order valence-corrected chi connectivity index (χ3v) is 7.61. The summed E-state index contributed by atoms with van der Waals surface area (Å²) in [5, 5.41) is 20.5. The highest BCUT2D eigenvalue weighted by molar-refractivity contribution is 5.78. The van der Waals surface area contributed by atoms with Gasteiger partial charge in [-0.15, -0.1) is 5.92 Å². The highest BCUT2D eigenvalue weighted by Gasteiger charge is 2.17. The molecule has 2 aromatic rings. The van der Waals surface area contributed by atoms with E-state index >= 15 is 0 Å². The molecule has 0 aliphatic heterocycles. The summed E-state index contributed by atoms with van der Waals surface area (Å²) in [4.78, 5) is 37.6. The van der Waals surface area contributed by atoms with E-state index in [4.69, 9.17) is 19.4 Å². The lowest BCUT2D eigenvalue weighted by atomic mass is 10.0. The van der Waals surface area contributed by atoms with Gasteiger partial charge in [0, 0.05) is 25.9 Å². The van der Waals surface area contributed by atoms with Crippen molar-refractivity contribution < 1.29 is 33.8 Å². The molecule has 0 saturated carbocycles. The number of aryl methyl sites for hydroxylation is 1. The molecule has 9 heteroatoms. The van der Waals surface area contributed by atoms with Gasteiger partial charge in [-0.3, -0.25) is 14.4 Å². The predicted molar refractivity (Wildman–Crippen MR) is 185 cm³/mol. The van der Waals surface area contributed by atoms with Crippen LogP contribution in [-0.2, 0) is 20.8 Å². The second-order valence-electron chi connectivity index (χ2n) is 11.6. The first-order chi connectivity index (χ1) is 22.8. The van der Waals surface area contributed by atoms with Crippen molar-refractivity contribution in [1.29, 1.82) is 0 Å². The Morgan fingerprint density at radius 1 is 1.02 bits per heavy atom. The predicted octanol–water partition coefficient (Wildman–Crippen LogP) is 7.70. The van der Waals surface area contributed by atoms with E-state index in [-0.39, 0.29) is 12.6 Å². The van der Waals surface area contributed by atoms with Crippen LogP contribution in [-0.4, -0.2) is 46.6 Å². The Hall–Kier alpha value is -3.90. The Kier molecular flexibility index (Phi) is 23.8. The van der Waals surface area contributed by atoms with E-state index in [1.165, 1.54) is 25.7 Å². The first kappa shape index (κ1) is 41.1. The molecule has 260 valence electrons. The summed E-state index contributed by atoms with van der Waals surface area (Å²) in [6, 6.07) is 7.37. The summed E-state index contributed by atoms with van der Waals surface area (Å²) in [5.74, 6) is 6.70. The average Bonchev–Trinajstić information content (AvgIpc) is 3.50. The van der Waals surface area contributed by atoms with Crippen LogP contribution < -0.4 is 10.1 Å². The Labute approximate surface area is 281 Å². The standard InChI is InChI=1S/C21H38O4.C17H18N2O3/c1-2-3-4-8-12-15-20(23)16-13-10-7-5-6-9-11-14-19(17-18-22)21(24)25;1-3-4-9-21-15-7-5-14(6-8-15)10-16(19-12-20)17-18-11-13(2)22-17/h9,11,19,22H,2-8,10,12-18H2,1H3,(H,24,25);5-8,11-12,16H,9-10H2,1-2H3,(H,19,20)/b11-9+;. The fraction of sp³-hybridized carbons (Fsp3) is 0.579. The number of aromatic nitrogens is 1. The van der Waals surface area contributed by atoms with E-state index in [0.717, 1.165) is 62.7 Å². The van der Waals surface area contributed by atoms with Gasteiger partial charge in [0.2, 0.25) is 12.3 Å². The zero-order valence-electron chi connectivity index (χ0n) is 28.7. The highest BCUT2D eigenvalue weighted by atomic mass is 16.5. The molecular formula is C38H56N2O7. The molecule has 1 amide bonds. The number of aliphatic hydroxyl groups excluding tert-OH is 1.